The predicted molar refractivity (Wildman–Crippen MR) is 54.2 cm³/mol. The second-order valence-electron chi connectivity index (χ2n) is 4.11. The van der Waals surface area contributed by atoms with Gasteiger partial charge in [-0.2, -0.15) is 8.78 Å². The number of halogens is 2. The fourth-order valence-electron chi connectivity index (χ4n) is 1.07. The van der Waals surface area contributed by atoms with Crippen molar-refractivity contribution in [3.63, 3.8) is 0 Å². The van der Waals surface area contributed by atoms with Crippen LogP contribution in [-0.4, -0.2) is 17.1 Å². The zero-order valence-corrected chi connectivity index (χ0v) is 8.92. The van der Waals surface area contributed by atoms with Gasteiger partial charge in [-0.3, -0.25) is 0 Å². The Morgan fingerprint density at radius 2 is 2.07 bits per heavy atom. The summed E-state index contributed by atoms with van der Waals surface area (Å²) in [6, 6.07) is 3.31. The van der Waals surface area contributed by atoms with E-state index >= 15 is 0 Å². The third kappa shape index (κ3) is 4.10. The molecule has 0 aliphatic carbocycles. The number of rotatable bonds is 3. The molecule has 3 nitrogen and oxygen atoms in total. The van der Waals surface area contributed by atoms with Crippen molar-refractivity contribution in [1.82, 2.24) is 4.98 Å². The average molecular weight is 216 g/mol. The normalized spacial score (nSPS) is 11.6. The first-order chi connectivity index (χ1) is 6.88. The molecule has 0 radical (unpaired) electrons. The number of ether oxygens (including phenoxy) is 1. The van der Waals surface area contributed by atoms with Crippen molar-refractivity contribution in [2.45, 2.75) is 32.9 Å². The summed E-state index contributed by atoms with van der Waals surface area (Å²) in [7, 11) is 0. The van der Waals surface area contributed by atoms with E-state index in [4.69, 9.17) is 0 Å². The Morgan fingerprint density at radius 1 is 1.40 bits per heavy atom. The number of hydrogen-bond donors (Lipinski definition) is 1. The first-order valence-corrected chi connectivity index (χ1v) is 4.56. The van der Waals surface area contributed by atoms with Gasteiger partial charge in [0.15, 0.2) is 0 Å². The van der Waals surface area contributed by atoms with Crippen LogP contribution in [0, 0.1) is 0 Å². The largest absolute Gasteiger partial charge is 0.415 e. The van der Waals surface area contributed by atoms with Crippen molar-refractivity contribution in [1.29, 1.82) is 0 Å². The van der Waals surface area contributed by atoms with Crippen molar-refractivity contribution in [2.75, 3.05) is 5.32 Å². The molecule has 1 rings (SSSR count). The molecule has 0 aromatic carbocycles. The molecule has 0 aliphatic rings. The number of aromatic nitrogens is 1. The molecule has 0 saturated heterocycles. The Kier molecular flexibility index (Phi) is 3.44. The summed E-state index contributed by atoms with van der Waals surface area (Å²) in [5.74, 6) is -0.0811. The van der Waals surface area contributed by atoms with Crippen LogP contribution in [-0.2, 0) is 0 Å². The molecule has 0 aliphatic heterocycles. The maximum Gasteiger partial charge on any atom is 0.388 e. The zero-order valence-electron chi connectivity index (χ0n) is 8.92. The van der Waals surface area contributed by atoms with Crippen LogP contribution in [0.15, 0.2) is 18.3 Å². The average Bonchev–Trinajstić information content (AvgIpc) is 2.05. The smallest absolute Gasteiger partial charge is 0.388 e. The molecule has 5 heteroatoms. The molecule has 0 bridgehead atoms. The number of hydrogen-bond acceptors (Lipinski definition) is 3. The van der Waals surface area contributed by atoms with E-state index in [2.05, 4.69) is 15.0 Å². The monoisotopic (exact) mass is 216 g/mol. The van der Waals surface area contributed by atoms with Gasteiger partial charge >= 0.3 is 6.61 Å². The minimum Gasteiger partial charge on any atom is -0.415 e. The molecule has 0 spiro atoms. The van der Waals surface area contributed by atoms with Crippen LogP contribution < -0.4 is 10.1 Å². The van der Waals surface area contributed by atoms with Crippen LogP contribution in [0.5, 0.6) is 5.88 Å². The fourth-order valence-corrected chi connectivity index (χ4v) is 1.07. The van der Waals surface area contributed by atoms with Crippen molar-refractivity contribution in [2.24, 2.45) is 0 Å². The van der Waals surface area contributed by atoms with Crippen LogP contribution in [0.25, 0.3) is 0 Å². The number of alkyl halides is 2. The third-order valence-electron chi connectivity index (χ3n) is 1.48. The van der Waals surface area contributed by atoms with Gasteiger partial charge < -0.3 is 10.1 Å². The Morgan fingerprint density at radius 3 is 2.60 bits per heavy atom. The highest BCUT2D eigenvalue weighted by molar-refractivity contribution is 5.53. The predicted octanol–water partition coefficient (Wildman–Crippen LogP) is 2.89. The number of nitrogens with zero attached hydrogens (tertiary/aromatic N) is 1. The summed E-state index contributed by atoms with van der Waals surface area (Å²) in [6.07, 6.45) is 1.41. The minimum absolute atomic E-state index is 0.0811. The fraction of sp³-hybridized carbons (Fsp3) is 0.500. The molecule has 1 aromatic rings. The summed E-state index contributed by atoms with van der Waals surface area (Å²) in [5.41, 5.74) is 0.230. The van der Waals surface area contributed by atoms with E-state index in [9.17, 15) is 8.78 Å². The molecular weight excluding hydrogens is 202 g/mol. The van der Waals surface area contributed by atoms with Crippen molar-refractivity contribution < 1.29 is 13.5 Å². The maximum absolute atomic E-state index is 12.0. The summed E-state index contributed by atoms with van der Waals surface area (Å²) in [5, 5.41) is 3.03. The summed E-state index contributed by atoms with van der Waals surface area (Å²) in [4.78, 5) is 3.74. The highest BCUT2D eigenvalue weighted by Gasteiger charge is 2.15. The van der Waals surface area contributed by atoms with Crippen molar-refractivity contribution in [3.8, 4) is 5.88 Å². The number of nitrogens with one attached hydrogen (secondary N) is 1. The standard InChI is InChI=1S/C10H14F2N2O/c1-10(2,3)14-7-5-4-6-13-8(7)15-9(11)12/h4-6,9,14H,1-3H3. The summed E-state index contributed by atoms with van der Waals surface area (Å²) < 4.78 is 28.4. The van der Waals surface area contributed by atoms with E-state index in [0.717, 1.165) is 0 Å². The van der Waals surface area contributed by atoms with Gasteiger partial charge in [-0.15, -0.1) is 0 Å². The number of pyridine rings is 1. The van der Waals surface area contributed by atoms with Crippen LogP contribution in [0.2, 0.25) is 0 Å². The molecular formula is C10H14F2N2O. The van der Waals surface area contributed by atoms with E-state index in [1.807, 2.05) is 20.8 Å². The van der Waals surface area contributed by atoms with E-state index in [1.54, 1.807) is 12.1 Å². The van der Waals surface area contributed by atoms with Crippen LogP contribution in [0.3, 0.4) is 0 Å². The molecule has 0 saturated carbocycles. The van der Waals surface area contributed by atoms with Crippen LogP contribution >= 0.6 is 0 Å². The highest BCUT2D eigenvalue weighted by Crippen LogP contribution is 2.25. The lowest BCUT2D eigenvalue weighted by molar-refractivity contribution is -0.0523. The first kappa shape index (κ1) is 11.7. The Bertz CT molecular complexity index is 323. The second-order valence-corrected chi connectivity index (χ2v) is 4.11. The summed E-state index contributed by atoms with van der Waals surface area (Å²) >= 11 is 0. The molecule has 1 aromatic heterocycles. The van der Waals surface area contributed by atoms with Gasteiger partial charge in [-0.05, 0) is 32.9 Å². The van der Waals surface area contributed by atoms with Gasteiger partial charge in [0.25, 0.3) is 0 Å². The third-order valence-corrected chi connectivity index (χ3v) is 1.48. The quantitative estimate of drug-likeness (QED) is 0.843. The first-order valence-electron chi connectivity index (χ1n) is 4.56. The van der Waals surface area contributed by atoms with Crippen molar-refractivity contribution in [3.05, 3.63) is 18.3 Å². The zero-order chi connectivity index (χ0) is 11.5. The van der Waals surface area contributed by atoms with E-state index in [0.29, 0.717) is 5.69 Å². The topological polar surface area (TPSA) is 34.2 Å². The van der Waals surface area contributed by atoms with Gasteiger partial charge in [-0.1, -0.05) is 0 Å². The van der Waals surface area contributed by atoms with Gasteiger partial charge in [0, 0.05) is 11.7 Å². The molecule has 0 atom stereocenters. The molecule has 15 heavy (non-hydrogen) atoms. The summed E-state index contributed by atoms with van der Waals surface area (Å²) in [6.45, 7) is 2.91. The van der Waals surface area contributed by atoms with E-state index < -0.39 is 6.61 Å². The molecule has 1 heterocycles. The second kappa shape index (κ2) is 4.42. The highest BCUT2D eigenvalue weighted by atomic mass is 19.3. The maximum atomic E-state index is 12.0. The van der Waals surface area contributed by atoms with Crippen LogP contribution in [0.4, 0.5) is 14.5 Å². The number of anilines is 1. The molecule has 84 valence electrons. The van der Waals surface area contributed by atoms with Crippen LogP contribution in [0.1, 0.15) is 20.8 Å². The van der Waals surface area contributed by atoms with Gasteiger partial charge in [0.2, 0.25) is 5.88 Å². The van der Waals surface area contributed by atoms with Crippen molar-refractivity contribution >= 4 is 5.69 Å². The lowest BCUT2D eigenvalue weighted by Crippen LogP contribution is -2.26. The Balaban J connectivity index is 2.86. The Labute approximate surface area is 87.5 Å². The van der Waals surface area contributed by atoms with Gasteiger partial charge in [0.05, 0.1) is 5.69 Å². The van der Waals surface area contributed by atoms with E-state index in [-0.39, 0.29) is 11.4 Å². The molecule has 0 unspecified atom stereocenters. The molecule has 0 fully saturated rings. The SMILES string of the molecule is CC(C)(C)Nc1cccnc1OC(F)F. The molecule has 0 amide bonds. The lowest BCUT2D eigenvalue weighted by Gasteiger charge is -2.23. The van der Waals surface area contributed by atoms with E-state index in [1.165, 1.54) is 6.20 Å². The van der Waals surface area contributed by atoms with Gasteiger partial charge in [0.1, 0.15) is 0 Å². The lowest BCUT2D eigenvalue weighted by atomic mass is 10.1. The Hall–Kier alpha value is -1.39. The molecule has 1 N–H and O–H groups in total. The van der Waals surface area contributed by atoms with Gasteiger partial charge in [-0.25, -0.2) is 4.98 Å². The minimum atomic E-state index is -2.86.